The summed E-state index contributed by atoms with van der Waals surface area (Å²) in [7, 11) is 0. The van der Waals surface area contributed by atoms with Crippen molar-refractivity contribution in [2.75, 3.05) is 50.0 Å². The fraction of sp³-hybridized carbons (Fsp3) is 0.600. The highest BCUT2D eigenvalue weighted by Gasteiger charge is 2.24. The molecule has 2 saturated heterocycles. The summed E-state index contributed by atoms with van der Waals surface area (Å²) in [6, 6.07) is 1.66. The van der Waals surface area contributed by atoms with Crippen LogP contribution in [0.2, 0.25) is 0 Å². The van der Waals surface area contributed by atoms with Gasteiger partial charge in [-0.05, 0) is 25.1 Å². The zero-order valence-electron chi connectivity index (χ0n) is 16.8. The van der Waals surface area contributed by atoms with Gasteiger partial charge in [0.2, 0.25) is 5.95 Å². The average Bonchev–Trinajstić information content (AvgIpc) is 2.76. The fourth-order valence-corrected chi connectivity index (χ4v) is 4.44. The van der Waals surface area contributed by atoms with Crippen molar-refractivity contribution in [3.8, 4) is 0 Å². The van der Waals surface area contributed by atoms with Gasteiger partial charge in [-0.15, -0.1) is 0 Å². The molecule has 1 N–H and O–H groups in total. The van der Waals surface area contributed by atoms with Crippen LogP contribution in [0.1, 0.15) is 36.9 Å². The molecular weight excluding hydrogens is 388 g/mol. The van der Waals surface area contributed by atoms with E-state index in [-0.39, 0.29) is 11.5 Å². The molecule has 2 aliphatic heterocycles. The van der Waals surface area contributed by atoms with Crippen molar-refractivity contribution in [1.82, 2.24) is 24.8 Å². The van der Waals surface area contributed by atoms with Crippen LogP contribution >= 0.6 is 11.8 Å². The van der Waals surface area contributed by atoms with Gasteiger partial charge in [0.05, 0.1) is 18.9 Å². The standard InChI is InChI=1S/C20H28N6O2S/c1-2-29-20-21-11-15(12-22-20)13-25-5-3-4-16(14-25)17-10-18(27)24-19(23-17)26-6-8-28-9-7-26/h10-12,16H,2-9,13-14H2,1H3,(H,23,24,27)/t16-/m1/s1. The Morgan fingerprint density at radius 3 is 2.79 bits per heavy atom. The molecule has 4 heterocycles. The van der Waals surface area contributed by atoms with Gasteiger partial charge in [0, 0.05) is 56.1 Å². The van der Waals surface area contributed by atoms with Crippen LogP contribution in [-0.4, -0.2) is 70.0 Å². The first-order chi connectivity index (χ1) is 14.2. The maximum absolute atomic E-state index is 12.3. The van der Waals surface area contributed by atoms with E-state index >= 15 is 0 Å². The largest absolute Gasteiger partial charge is 0.378 e. The number of piperidine rings is 1. The normalized spacial score (nSPS) is 20.7. The molecule has 0 spiro atoms. The van der Waals surface area contributed by atoms with Crippen LogP contribution in [-0.2, 0) is 11.3 Å². The zero-order chi connectivity index (χ0) is 20.1. The minimum absolute atomic E-state index is 0.0778. The first kappa shape index (κ1) is 20.3. The number of hydrogen-bond acceptors (Lipinski definition) is 8. The summed E-state index contributed by atoms with van der Waals surface area (Å²) < 4.78 is 5.41. The highest BCUT2D eigenvalue weighted by Crippen LogP contribution is 2.27. The molecule has 2 aromatic rings. The fourth-order valence-electron chi connectivity index (χ4n) is 3.92. The summed E-state index contributed by atoms with van der Waals surface area (Å²) in [5.74, 6) is 1.91. The van der Waals surface area contributed by atoms with Crippen LogP contribution in [0, 0.1) is 0 Å². The van der Waals surface area contributed by atoms with Crippen LogP contribution in [0.15, 0.2) is 28.4 Å². The SMILES string of the molecule is CCSc1ncc(CN2CCC[C@@H](c3cc(=O)[nH]c(N4CCOCC4)n3)C2)cn1. The van der Waals surface area contributed by atoms with Crippen molar-refractivity contribution >= 4 is 17.7 Å². The van der Waals surface area contributed by atoms with Gasteiger partial charge in [-0.25, -0.2) is 15.0 Å². The number of morpholine rings is 1. The number of nitrogens with one attached hydrogen (secondary N) is 1. The molecule has 0 aliphatic carbocycles. The van der Waals surface area contributed by atoms with Crippen LogP contribution in [0.3, 0.4) is 0 Å². The predicted molar refractivity (Wildman–Crippen MR) is 114 cm³/mol. The van der Waals surface area contributed by atoms with Gasteiger partial charge >= 0.3 is 0 Å². The van der Waals surface area contributed by atoms with Crippen molar-refractivity contribution in [2.45, 2.75) is 37.4 Å². The van der Waals surface area contributed by atoms with Crippen molar-refractivity contribution in [3.63, 3.8) is 0 Å². The first-order valence-corrected chi connectivity index (χ1v) is 11.3. The van der Waals surface area contributed by atoms with E-state index in [1.54, 1.807) is 17.8 Å². The van der Waals surface area contributed by atoms with Crippen molar-refractivity contribution in [2.24, 2.45) is 0 Å². The van der Waals surface area contributed by atoms with E-state index in [9.17, 15) is 4.79 Å². The van der Waals surface area contributed by atoms with Crippen LogP contribution in [0.4, 0.5) is 5.95 Å². The maximum atomic E-state index is 12.3. The smallest absolute Gasteiger partial charge is 0.252 e. The van der Waals surface area contributed by atoms with Gasteiger partial charge in [0.15, 0.2) is 5.16 Å². The lowest BCUT2D eigenvalue weighted by atomic mass is 9.94. The molecule has 0 saturated carbocycles. The molecule has 9 heteroatoms. The molecule has 1 atom stereocenters. The van der Waals surface area contributed by atoms with E-state index in [0.29, 0.717) is 19.2 Å². The Kier molecular flexibility index (Phi) is 6.78. The Hall–Kier alpha value is -1.97. The Morgan fingerprint density at radius 2 is 2.03 bits per heavy atom. The first-order valence-electron chi connectivity index (χ1n) is 10.3. The number of aromatic amines is 1. The monoisotopic (exact) mass is 416 g/mol. The molecule has 29 heavy (non-hydrogen) atoms. The molecule has 0 aromatic carbocycles. The van der Waals surface area contributed by atoms with E-state index in [2.05, 4.69) is 31.7 Å². The molecule has 0 unspecified atom stereocenters. The Balaban J connectivity index is 1.44. The number of rotatable bonds is 6. The van der Waals surface area contributed by atoms with E-state index in [4.69, 9.17) is 9.72 Å². The number of ether oxygens (including phenoxy) is 1. The lowest BCUT2D eigenvalue weighted by Gasteiger charge is -2.33. The highest BCUT2D eigenvalue weighted by atomic mass is 32.2. The van der Waals surface area contributed by atoms with Gasteiger partial charge in [0.1, 0.15) is 0 Å². The predicted octanol–water partition coefficient (Wildman–Crippen LogP) is 1.89. The van der Waals surface area contributed by atoms with E-state index in [1.807, 2.05) is 12.4 Å². The molecule has 4 rings (SSSR count). The number of anilines is 1. The number of thioether (sulfide) groups is 1. The molecule has 2 aliphatic rings. The summed E-state index contributed by atoms with van der Waals surface area (Å²) in [6.45, 7) is 7.72. The van der Waals surface area contributed by atoms with Crippen molar-refractivity contribution in [1.29, 1.82) is 0 Å². The second-order valence-corrected chi connectivity index (χ2v) is 8.71. The quantitative estimate of drug-likeness (QED) is 0.564. The topological polar surface area (TPSA) is 87.2 Å². The van der Waals surface area contributed by atoms with Gasteiger partial charge in [-0.2, -0.15) is 0 Å². The van der Waals surface area contributed by atoms with Gasteiger partial charge < -0.3 is 9.64 Å². The second-order valence-electron chi connectivity index (χ2n) is 7.47. The number of H-pyrrole nitrogens is 1. The summed E-state index contributed by atoms with van der Waals surface area (Å²) in [6.07, 6.45) is 6.00. The van der Waals surface area contributed by atoms with Gasteiger partial charge in [-0.1, -0.05) is 18.7 Å². The summed E-state index contributed by atoms with van der Waals surface area (Å²) in [4.78, 5) is 33.4. The minimum Gasteiger partial charge on any atom is -0.378 e. The lowest BCUT2D eigenvalue weighted by molar-refractivity contribution is 0.122. The van der Waals surface area contributed by atoms with E-state index in [1.165, 1.54) is 0 Å². The Labute approximate surface area is 175 Å². The van der Waals surface area contributed by atoms with Gasteiger partial charge in [-0.3, -0.25) is 14.7 Å². The molecule has 0 bridgehead atoms. The molecular formula is C20H28N6O2S. The number of likely N-dealkylation sites (tertiary alicyclic amines) is 1. The van der Waals surface area contributed by atoms with E-state index < -0.39 is 0 Å². The zero-order valence-corrected chi connectivity index (χ0v) is 17.7. The number of aromatic nitrogens is 4. The molecule has 2 aromatic heterocycles. The number of nitrogens with zero attached hydrogens (tertiary/aromatic N) is 5. The maximum Gasteiger partial charge on any atom is 0.252 e. The van der Waals surface area contributed by atoms with Crippen molar-refractivity contribution in [3.05, 3.63) is 40.1 Å². The molecule has 2 fully saturated rings. The summed E-state index contributed by atoms with van der Waals surface area (Å²) >= 11 is 1.65. The molecule has 0 radical (unpaired) electrons. The Bertz CT molecular complexity index is 853. The minimum atomic E-state index is -0.0778. The lowest BCUT2D eigenvalue weighted by Crippen LogP contribution is -2.39. The highest BCUT2D eigenvalue weighted by molar-refractivity contribution is 7.99. The number of hydrogen-bond donors (Lipinski definition) is 1. The third kappa shape index (κ3) is 5.34. The van der Waals surface area contributed by atoms with Crippen LogP contribution in [0.25, 0.3) is 0 Å². The molecule has 8 nitrogen and oxygen atoms in total. The van der Waals surface area contributed by atoms with Crippen molar-refractivity contribution < 1.29 is 4.74 Å². The average molecular weight is 417 g/mol. The summed E-state index contributed by atoms with van der Waals surface area (Å²) in [5, 5.41) is 0.830. The molecule has 0 amide bonds. The molecule has 156 valence electrons. The van der Waals surface area contributed by atoms with Gasteiger partial charge in [0.25, 0.3) is 5.56 Å². The third-order valence-electron chi connectivity index (χ3n) is 5.34. The Morgan fingerprint density at radius 1 is 1.24 bits per heavy atom. The second kappa shape index (κ2) is 9.69. The van der Waals surface area contributed by atoms with E-state index in [0.717, 1.165) is 67.7 Å². The van der Waals surface area contributed by atoms with Crippen LogP contribution < -0.4 is 10.5 Å². The summed E-state index contributed by atoms with van der Waals surface area (Å²) in [5.41, 5.74) is 1.94. The third-order valence-corrected chi connectivity index (χ3v) is 6.10. The van der Waals surface area contributed by atoms with Crippen LogP contribution in [0.5, 0.6) is 0 Å².